The first kappa shape index (κ1) is 9.78. The SMILES string of the molecule is NC(=O)CC(S)CCCO. The second-order valence-electron chi connectivity index (χ2n) is 2.19. The molecule has 4 heteroatoms. The van der Waals surface area contributed by atoms with Gasteiger partial charge >= 0.3 is 0 Å². The molecule has 1 unspecified atom stereocenters. The molecule has 0 saturated heterocycles. The summed E-state index contributed by atoms with van der Waals surface area (Å²) < 4.78 is 0. The molecule has 3 N–H and O–H groups in total. The van der Waals surface area contributed by atoms with Gasteiger partial charge in [0.25, 0.3) is 0 Å². The van der Waals surface area contributed by atoms with Crippen molar-refractivity contribution in [2.75, 3.05) is 6.61 Å². The molecule has 0 aliphatic heterocycles. The number of aliphatic hydroxyl groups is 1. The molecular formula is C6H13NO2S. The highest BCUT2D eigenvalue weighted by Crippen LogP contribution is 2.07. The normalized spacial score (nSPS) is 13.0. The number of thiol groups is 1. The van der Waals surface area contributed by atoms with Gasteiger partial charge in [0.05, 0.1) is 0 Å². The maximum absolute atomic E-state index is 10.3. The van der Waals surface area contributed by atoms with E-state index >= 15 is 0 Å². The van der Waals surface area contributed by atoms with E-state index in [1.165, 1.54) is 0 Å². The summed E-state index contributed by atoms with van der Waals surface area (Å²) in [5.74, 6) is -0.335. The van der Waals surface area contributed by atoms with Gasteiger partial charge in [0.2, 0.25) is 5.91 Å². The maximum Gasteiger partial charge on any atom is 0.218 e. The predicted octanol–water partition coefficient (Wildman–Crippen LogP) is -0.0673. The Labute approximate surface area is 66.0 Å². The highest BCUT2D eigenvalue weighted by molar-refractivity contribution is 7.81. The van der Waals surface area contributed by atoms with Gasteiger partial charge in [-0.1, -0.05) is 0 Å². The summed E-state index contributed by atoms with van der Waals surface area (Å²) in [5, 5.41) is 8.40. The zero-order chi connectivity index (χ0) is 7.98. The summed E-state index contributed by atoms with van der Waals surface area (Å²) in [6, 6.07) is 0. The number of hydrogen-bond acceptors (Lipinski definition) is 3. The number of hydrogen-bond donors (Lipinski definition) is 3. The molecule has 0 aliphatic rings. The summed E-state index contributed by atoms with van der Waals surface area (Å²) in [4.78, 5) is 10.3. The predicted molar refractivity (Wildman–Crippen MR) is 42.9 cm³/mol. The Morgan fingerprint density at radius 1 is 1.70 bits per heavy atom. The third-order valence-electron chi connectivity index (χ3n) is 1.13. The molecule has 0 radical (unpaired) electrons. The van der Waals surface area contributed by atoms with E-state index in [0.717, 1.165) is 6.42 Å². The van der Waals surface area contributed by atoms with E-state index in [1.54, 1.807) is 0 Å². The molecular weight excluding hydrogens is 150 g/mol. The van der Waals surface area contributed by atoms with Gasteiger partial charge in [0.15, 0.2) is 0 Å². The number of aliphatic hydroxyl groups excluding tert-OH is 1. The van der Waals surface area contributed by atoms with Crippen molar-refractivity contribution in [1.82, 2.24) is 0 Å². The van der Waals surface area contributed by atoms with Crippen LogP contribution >= 0.6 is 12.6 Å². The smallest absolute Gasteiger partial charge is 0.218 e. The lowest BCUT2D eigenvalue weighted by atomic mass is 10.2. The minimum Gasteiger partial charge on any atom is -0.396 e. The lowest BCUT2D eigenvalue weighted by Gasteiger charge is -2.05. The van der Waals surface area contributed by atoms with Crippen molar-refractivity contribution in [3.63, 3.8) is 0 Å². The lowest BCUT2D eigenvalue weighted by Crippen LogP contribution is -2.16. The molecule has 1 atom stereocenters. The average molecular weight is 163 g/mol. The molecule has 3 nitrogen and oxygen atoms in total. The molecule has 0 bridgehead atoms. The fourth-order valence-corrected chi connectivity index (χ4v) is 1.02. The average Bonchev–Trinajstić information content (AvgIpc) is 1.82. The van der Waals surface area contributed by atoms with Crippen LogP contribution in [0.3, 0.4) is 0 Å². The summed E-state index contributed by atoms with van der Waals surface area (Å²) in [7, 11) is 0. The fraction of sp³-hybridized carbons (Fsp3) is 0.833. The van der Waals surface area contributed by atoms with E-state index in [4.69, 9.17) is 10.8 Å². The molecule has 0 fully saturated rings. The third-order valence-corrected chi connectivity index (χ3v) is 1.57. The van der Waals surface area contributed by atoms with Crippen molar-refractivity contribution in [2.45, 2.75) is 24.5 Å². The van der Waals surface area contributed by atoms with Gasteiger partial charge in [0, 0.05) is 18.3 Å². The highest BCUT2D eigenvalue weighted by Gasteiger charge is 2.05. The standard InChI is InChI=1S/C6H13NO2S/c7-6(9)4-5(10)2-1-3-8/h5,8,10H,1-4H2,(H2,7,9). The number of primary amides is 1. The van der Waals surface area contributed by atoms with Crippen molar-refractivity contribution in [1.29, 1.82) is 0 Å². The molecule has 0 heterocycles. The van der Waals surface area contributed by atoms with Crippen molar-refractivity contribution in [3.05, 3.63) is 0 Å². The Bertz CT molecular complexity index is 108. The summed E-state index contributed by atoms with van der Waals surface area (Å²) in [5.41, 5.74) is 4.91. The topological polar surface area (TPSA) is 63.3 Å². The van der Waals surface area contributed by atoms with Crippen molar-refractivity contribution in [2.24, 2.45) is 5.73 Å². The summed E-state index contributed by atoms with van der Waals surface area (Å²) in [6.07, 6.45) is 1.72. The minimum absolute atomic E-state index is 0.00431. The van der Waals surface area contributed by atoms with E-state index < -0.39 is 0 Å². The Kier molecular flexibility index (Phi) is 5.43. The molecule has 1 amide bonds. The van der Waals surface area contributed by atoms with E-state index in [2.05, 4.69) is 12.6 Å². The largest absolute Gasteiger partial charge is 0.396 e. The lowest BCUT2D eigenvalue weighted by molar-refractivity contribution is -0.118. The van der Waals surface area contributed by atoms with Crippen molar-refractivity contribution < 1.29 is 9.90 Å². The van der Waals surface area contributed by atoms with E-state index in [0.29, 0.717) is 12.8 Å². The summed E-state index contributed by atoms with van der Waals surface area (Å²) >= 11 is 4.09. The Morgan fingerprint density at radius 3 is 2.70 bits per heavy atom. The van der Waals surface area contributed by atoms with E-state index in [1.807, 2.05) is 0 Å². The van der Waals surface area contributed by atoms with Crippen LogP contribution < -0.4 is 5.73 Å². The second-order valence-corrected chi connectivity index (χ2v) is 2.92. The van der Waals surface area contributed by atoms with Crippen LogP contribution in [0.25, 0.3) is 0 Å². The second kappa shape index (κ2) is 5.56. The number of rotatable bonds is 5. The Balaban J connectivity index is 3.25. The van der Waals surface area contributed by atoms with E-state index in [9.17, 15) is 4.79 Å². The molecule has 60 valence electrons. The van der Waals surface area contributed by atoms with Gasteiger partial charge < -0.3 is 10.8 Å². The van der Waals surface area contributed by atoms with Gasteiger partial charge in [-0.3, -0.25) is 4.79 Å². The molecule has 0 aromatic carbocycles. The van der Waals surface area contributed by atoms with Crippen LogP contribution in [0, 0.1) is 0 Å². The number of carbonyl (C=O) groups is 1. The maximum atomic E-state index is 10.3. The molecule has 0 saturated carbocycles. The van der Waals surface area contributed by atoms with Crippen LogP contribution in [0.5, 0.6) is 0 Å². The first-order chi connectivity index (χ1) is 4.66. The van der Waals surface area contributed by atoms with Gasteiger partial charge in [-0.15, -0.1) is 0 Å². The monoisotopic (exact) mass is 163 g/mol. The molecule has 0 aromatic heterocycles. The van der Waals surface area contributed by atoms with Gasteiger partial charge in [-0.25, -0.2) is 0 Å². The van der Waals surface area contributed by atoms with Gasteiger partial charge in [-0.05, 0) is 12.8 Å². The van der Waals surface area contributed by atoms with Crippen LogP contribution in [0.2, 0.25) is 0 Å². The molecule has 0 rings (SSSR count). The Morgan fingerprint density at radius 2 is 2.30 bits per heavy atom. The molecule has 0 spiro atoms. The quantitative estimate of drug-likeness (QED) is 0.497. The number of amides is 1. The van der Waals surface area contributed by atoms with E-state index in [-0.39, 0.29) is 17.8 Å². The van der Waals surface area contributed by atoms with Crippen molar-refractivity contribution in [3.8, 4) is 0 Å². The number of nitrogens with two attached hydrogens (primary N) is 1. The number of carbonyl (C=O) groups excluding carboxylic acids is 1. The zero-order valence-electron chi connectivity index (χ0n) is 5.79. The van der Waals surface area contributed by atoms with Crippen LogP contribution in [0.1, 0.15) is 19.3 Å². The first-order valence-corrected chi connectivity index (χ1v) is 3.75. The van der Waals surface area contributed by atoms with Crippen LogP contribution in [0.4, 0.5) is 0 Å². The van der Waals surface area contributed by atoms with Crippen LogP contribution in [-0.2, 0) is 4.79 Å². The first-order valence-electron chi connectivity index (χ1n) is 3.24. The fourth-order valence-electron chi connectivity index (χ4n) is 0.661. The minimum atomic E-state index is -0.335. The summed E-state index contributed by atoms with van der Waals surface area (Å²) in [6.45, 7) is 0.149. The highest BCUT2D eigenvalue weighted by atomic mass is 32.1. The van der Waals surface area contributed by atoms with Gasteiger partial charge in [-0.2, -0.15) is 12.6 Å². The zero-order valence-corrected chi connectivity index (χ0v) is 6.68. The molecule has 0 aliphatic carbocycles. The van der Waals surface area contributed by atoms with Crippen LogP contribution in [0.15, 0.2) is 0 Å². The van der Waals surface area contributed by atoms with Crippen LogP contribution in [-0.4, -0.2) is 22.9 Å². The van der Waals surface area contributed by atoms with Gasteiger partial charge in [0.1, 0.15) is 0 Å². The van der Waals surface area contributed by atoms with Crippen molar-refractivity contribution >= 4 is 18.5 Å². The third kappa shape index (κ3) is 5.91. The molecule has 0 aromatic rings. The molecule has 10 heavy (non-hydrogen) atoms. The Hall–Kier alpha value is -0.220.